The van der Waals surface area contributed by atoms with Gasteiger partial charge in [0.25, 0.3) is 0 Å². The maximum atomic E-state index is 8.98. The van der Waals surface area contributed by atoms with Crippen molar-refractivity contribution in [3.05, 3.63) is 17.7 Å². The van der Waals surface area contributed by atoms with Gasteiger partial charge < -0.3 is 9.88 Å². The molecule has 5 nitrogen and oxygen atoms in total. The van der Waals surface area contributed by atoms with E-state index in [0.717, 1.165) is 26.1 Å². The van der Waals surface area contributed by atoms with Gasteiger partial charge in [0.05, 0.1) is 6.33 Å². The predicted octanol–water partition coefficient (Wildman–Crippen LogP) is 1.02. The zero-order chi connectivity index (χ0) is 12.1. The molecule has 2 heterocycles. The van der Waals surface area contributed by atoms with Crippen LogP contribution in [0.2, 0.25) is 0 Å². The van der Waals surface area contributed by atoms with Crippen LogP contribution in [0.5, 0.6) is 0 Å². The average Bonchev–Trinajstić information content (AvgIpc) is 2.79. The third-order valence-electron chi connectivity index (χ3n) is 3.23. The van der Waals surface area contributed by atoms with Crippen molar-refractivity contribution < 1.29 is 0 Å². The van der Waals surface area contributed by atoms with E-state index < -0.39 is 0 Å². The smallest absolute Gasteiger partial charge is 0.176 e. The van der Waals surface area contributed by atoms with Gasteiger partial charge in [0, 0.05) is 6.54 Å². The third-order valence-corrected chi connectivity index (χ3v) is 3.23. The van der Waals surface area contributed by atoms with Gasteiger partial charge in [-0.05, 0) is 38.3 Å². The molecule has 5 heteroatoms. The Balaban J connectivity index is 1.97. The Hall–Kier alpha value is -1.85. The third kappa shape index (κ3) is 2.64. The molecule has 0 spiro atoms. The molecule has 1 N–H and O–H groups in total. The monoisotopic (exact) mass is 229 g/mol. The largest absolute Gasteiger partial charge is 0.321 e. The van der Waals surface area contributed by atoms with E-state index in [4.69, 9.17) is 10.5 Å². The van der Waals surface area contributed by atoms with E-state index in [0.29, 0.717) is 11.6 Å². The summed E-state index contributed by atoms with van der Waals surface area (Å²) in [5.74, 6) is 0.670. The Morgan fingerprint density at radius 2 is 2.35 bits per heavy atom. The van der Waals surface area contributed by atoms with E-state index in [1.54, 1.807) is 10.9 Å². The molecule has 1 atom stereocenters. The molecule has 0 saturated carbocycles. The molecule has 0 amide bonds. The summed E-state index contributed by atoms with van der Waals surface area (Å²) in [6.45, 7) is 2.94. The summed E-state index contributed by atoms with van der Waals surface area (Å²) in [4.78, 5) is 3.93. The molecule has 1 aromatic heterocycles. The molecular weight excluding hydrogens is 214 g/mol. The molecule has 1 fully saturated rings. The van der Waals surface area contributed by atoms with Gasteiger partial charge in [-0.2, -0.15) is 10.5 Å². The van der Waals surface area contributed by atoms with E-state index in [1.165, 1.54) is 12.8 Å². The topological polar surface area (TPSA) is 77.4 Å². The molecule has 0 aromatic carbocycles. The molecule has 17 heavy (non-hydrogen) atoms. The lowest BCUT2D eigenvalue weighted by atomic mass is 9.96. The number of piperidine rings is 1. The highest BCUT2D eigenvalue weighted by atomic mass is 15.1. The highest BCUT2D eigenvalue weighted by Gasteiger charge is 2.15. The van der Waals surface area contributed by atoms with Crippen LogP contribution in [0.15, 0.2) is 6.33 Å². The lowest BCUT2D eigenvalue weighted by Crippen LogP contribution is -2.30. The fourth-order valence-corrected chi connectivity index (χ4v) is 2.24. The summed E-state index contributed by atoms with van der Waals surface area (Å²) in [5.41, 5.74) is 0.616. The first-order chi connectivity index (χ1) is 8.35. The SMILES string of the molecule is N#Cc1ncn(CCC2CCCNC2)c1C#N. The second kappa shape index (κ2) is 5.47. The Kier molecular flexibility index (Phi) is 3.74. The summed E-state index contributed by atoms with van der Waals surface area (Å²) in [6, 6.07) is 3.98. The quantitative estimate of drug-likeness (QED) is 0.839. The zero-order valence-corrected chi connectivity index (χ0v) is 9.69. The van der Waals surface area contributed by atoms with Gasteiger partial charge in [-0.25, -0.2) is 4.98 Å². The average molecular weight is 229 g/mol. The van der Waals surface area contributed by atoms with Crippen molar-refractivity contribution in [2.75, 3.05) is 13.1 Å². The van der Waals surface area contributed by atoms with Gasteiger partial charge in [-0.1, -0.05) is 0 Å². The molecule has 1 aromatic rings. The van der Waals surface area contributed by atoms with E-state index in [1.807, 2.05) is 12.1 Å². The van der Waals surface area contributed by atoms with Crippen LogP contribution in [0.1, 0.15) is 30.7 Å². The second-order valence-electron chi connectivity index (χ2n) is 4.36. The standard InChI is InChI=1S/C12H15N5/c13-6-11-12(7-14)17(9-16-11)5-3-10-2-1-4-15-8-10/h9-10,15H,1-5,8H2. The van der Waals surface area contributed by atoms with Crippen LogP contribution < -0.4 is 5.32 Å². The van der Waals surface area contributed by atoms with Crippen LogP contribution in [-0.2, 0) is 6.54 Å². The van der Waals surface area contributed by atoms with Crippen LogP contribution in [-0.4, -0.2) is 22.6 Å². The summed E-state index contributed by atoms with van der Waals surface area (Å²) >= 11 is 0. The molecule has 0 bridgehead atoms. The number of nitrogens with zero attached hydrogens (tertiary/aromatic N) is 4. The summed E-state index contributed by atoms with van der Waals surface area (Å²) in [6.07, 6.45) is 5.09. The number of nitriles is 2. The number of imidazole rings is 1. The van der Waals surface area contributed by atoms with Crippen molar-refractivity contribution in [3.63, 3.8) is 0 Å². The Bertz CT molecular complexity index is 456. The summed E-state index contributed by atoms with van der Waals surface area (Å²) in [5, 5.41) is 21.1. The fraction of sp³-hybridized carbons (Fsp3) is 0.583. The van der Waals surface area contributed by atoms with Crippen LogP contribution in [0.3, 0.4) is 0 Å². The lowest BCUT2D eigenvalue weighted by Gasteiger charge is -2.22. The Morgan fingerprint density at radius 1 is 1.47 bits per heavy atom. The number of nitrogens with one attached hydrogen (secondary N) is 1. The second-order valence-corrected chi connectivity index (χ2v) is 4.36. The minimum atomic E-state index is 0.231. The van der Waals surface area contributed by atoms with E-state index in [2.05, 4.69) is 10.3 Å². The van der Waals surface area contributed by atoms with Gasteiger partial charge in [0.15, 0.2) is 11.4 Å². The van der Waals surface area contributed by atoms with Crippen LogP contribution in [0, 0.1) is 28.6 Å². The molecule has 0 radical (unpaired) electrons. The number of aromatic nitrogens is 2. The first-order valence-electron chi connectivity index (χ1n) is 5.91. The molecule has 0 aliphatic carbocycles. The van der Waals surface area contributed by atoms with Crippen molar-refractivity contribution in [3.8, 4) is 12.1 Å². The minimum Gasteiger partial charge on any atom is -0.321 e. The summed E-state index contributed by atoms with van der Waals surface area (Å²) < 4.78 is 1.78. The minimum absolute atomic E-state index is 0.231. The van der Waals surface area contributed by atoms with Crippen molar-refractivity contribution in [2.45, 2.75) is 25.8 Å². The molecule has 1 aliphatic heterocycles. The maximum absolute atomic E-state index is 8.98. The van der Waals surface area contributed by atoms with Gasteiger partial charge in [-0.15, -0.1) is 0 Å². The van der Waals surface area contributed by atoms with Crippen LogP contribution in [0.4, 0.5) is 0 Å². The van der Waals surface area contributed by atoms with E-state index >= 15 is 0 Å². The van der Waals surface area contributed by atoms with E-state index in [9.17, 15) is 0 Å². The summed E-state index contributed by atoms with van der Waals surface area (Å²) in [7, 11) is 0. The molecule has 1 unspecified atom stereocenters. The highest BCUT2D eigenvalue weighted by molar-refractivity contribution is 5.35. The fourth-order valence-electron chi connectivity index (χ4n) is 2.24. The van der Waals surface area contributed by atoms with Crippen molar-refractivity contribution >= 4 is 0 Å². The first-order valence-corrected chi connectivity index (χ1v) is 5.91. The zero-order valence-electron chi connectivity index (χ0n) is 9.69. The molecule has 1 saturated heterocycles. The normalized spacial score (nSPS) is 19.5. The molecule has 2 rings (SSSR count). The van der Waals surface area contributed by atoms with Gasteiger partial charge in [-0.3, -0.25) is 0 Å². The molecule has 88 valence electrons. The van der Waals surface area contributed by atoms with Crippen molar-refractivity contribution in [1.29, 1.82) is 10.5 Å². The predicted molar refractivity (Wildman–Crippen MR) is 61.9 cm³/mol. The number of hydrogen-bond acceptors (Lipinski definition) is 4. The number of rotatable bonds is 3. The maximum Gasteiger partial charge on any atom is 0.176 e. The first kappa shape index (κ1) is 11.6. The van der Waals surface area contributed by atoms with Gasteiger partial charge >= 0.3 is 0 Å². The van der Waals surface area contributed by atoms with Crippen LogP contribution in [0.25, 0.3) is 0 Å². The molecule has 1 aliphatic rings. The Labute approximate surface area is 101 Å². The number of aryl methyl sites for hydroxylation is 1. The van der Waals surface area contributed by atoms with Gasteiger partial charge in [0.1, 0.15) is 12.1 Å². The van der Waals surface area contributed by atoms with Gasteiger partial charge in [0.2, 0.25) is 0 Å². The van der Waals surface area contributed by atoms with Crippen LogP contribution >= 0.6 is 0 Å². The lowest BCUT2D eigenvalue weighted by molar-refractivity contribution is 0.341. The molecular formula is C12H15N5. The Morgan fingerprint density at radius 3 is 3.00 bits per heavy atom. The van der Waals surface area contributed by atoms with Crippen molar-refractivity contribution in [2.24, 2.45) is 5.92 Å². The number of hydrogen-bond donors (Lipinski definition) is 1. The van der Waals surface area contributed by atoms with Crippen molar-refractivity contribution in [1.82, 2.24) is 14.9 Å². The highest BCUT2D eigenvalue weighted by Crippen LogP contribution is 2.16. The van der Waals surface area contributed by atoms with E-state index in [-0.39, 0.29) is 5.69 Å².